The van der Waals surface area contributed by atoms with Crippen molar-refractivity contribution in [3.05, 3.63) is 17.3 Å². The second-order valence-corrected chi connectivity index (χ2v) is 4.23. The molecule has 0 aliphatic rings. The average Bonchev–Trinajstić information content (AvgIpc) is 2.33. The molecule has 0 aromatic carbocycles. The van der Waals surface area contributed by atoms with Crippen molar-refractivity contribution in [1.29, 1.82) is 0 Å². The van der Waals surface area contributed by atoms with Gasteiger partial charge in [-0.25, -0.2) is 9.37 Å². The zero-order valence-electron chi connectivity index (χ0n) is 10.3. The molecule has 18 heavy (non-hydrogen) atoms. The average molecular weight is 275 g/mol. The van der Waals surface area contributed by atoms with E-state index in [-0.39, 0.29) is 36.0 Å². The van der Waals surface area contributed by atoms with Gasteiger partial charge in [-0.05, 0) is 24.9 Å². The second-order valence-electron chi connectivity index (χ2n) is 3.89. The number of rotatable bonds is 6. The summed E-state index contributed by atoms with van der Waals surface area (Å²) in [6.07, 6.45) is 2.09. The van der Waals surface area contributed by atoms with E-state index in [9.17, 15) is 9.18 Å². The highest BCUT2D eigenvalue weighted by Crippen LogP contribution is 2.11. The Labute approximate surface area is 110 Å². The zero-order valence-corrected chi connectivity index (χ0v) is 11.1. The number of amides is 1. The summed E-state index contributed by atoms with van der Waals surface area (Å²) in [5, 5.41) is 5.48. The van der Waals surface area contributed by atoms with Crippen LogP contribution in [-0.4, -0.2) is 28.5 Å². The third-order valence-corrected chi connectivity index (χ3v) is 2.56. The molecule has 5 nitrogen and oxygen atoms in total. The highest BCUT2D eigenvalue weighted by Gasteiger charge is 2.08. The number of carbonyl (C=O) groups excluding carboxylic acids is 1. The molecule has 0 fully saturated rings. The van der Waals surface area contributed by atoms with E-state index in [1.807, 2.05) is 13.8 Å². The minimum Gasteiger partial charge on any atom is -0.367 e. The molecule has 1 amide bonds. The van der Waals surface area contributed by atoms with Gasteiger partial charge in [0.15, 0.2) is 11.6 Å². The van der Waals surface area contributed by atoms with Crippen LogP contribution in [-0.2, 0) is 4.79 Å². The molecule has 1 heterocycles. The fourth-order valence-corrected chi connectivity index (χ4v) is 1.35. The minimum absolute atomic E-state index is 0.00587. The standard InChI is InChI=1S/C11H16ClFN4O/c1-3-7(2)16-9(18)4-5-14-10-8(13)6-15-11(12)17-10/h6-7H,3-5H2,1-2H3,(H,16,18)(H,14,15,17). The van der Waals surface area contributed by atoms with Gasteiger partial charge >= 0.3 is 0 Å². The van der Waals surface area contributed by atoms with Crippen molar-refractivity contribution in [3.63, 3.8) is 0 Å². The van der Waals surface area contributed by atoms with Gasteiger partial charge in [0.2, 0.25) is 11.2 Å². The van der Waals surface area contributed by atoms with Gasteiger partial charge in [0.1, 0.15) is 0 Å². The quantitative estimate of drug-likeness (QED) is 0.779. The molecular formula is C11H16ClFN4O. The Hall–Kier alpha value is -1.43. The van der Waals surface area contributed by atoms with Crippen molar-refractivity contribution in [2.75, 3.05) is 11.9 Å². The van der Waals surface area contributed by atoms with E-state index in [4.69, 9.17) is 11.6 Å². The Bertz CT molecular complexity index is 416. The molecule has 0 aliphatic heterocycles. The summed E-state index contributed by atoms with van der Waals surface area (Å²) in [6.45, 7) is 4.20. The van der Waals surface area contributed by atoms with E-state index in [0.717, 1.165) is 12.6 Å². The van der Waals surface area contributed by atoms with Crippen LogP contribution in [0, 0.1) is 5.82 Å². The van der Waals surface area contributed by atoms with Gasteiger partial charge in [-0.1, -0.05) is 6.92 Å². The number of halogens is 2. The Morgan fingerprint density at radius 3 is 3.00 bits per heavy atom. The lowest BCUT2D eigenvalue weighted by molar-refractivity contribution is -0.121. The van der Waals surface area contributed by atoms with Crippen LogP contribution in [0.25, 0.3) is 0 Å². The van der Waals surface area contributed by atoms with Crippen molar-refractivity contribution < 1.29 is 9.18 Å². The maximum absolute atomic E-state index is 13.2. The van der Waals surface area contributed by atoms with Crippen molar-refractivity contribution >= 4 is 23.3 Å². The third-order valence-electron chi connectivity index (χ3n) is 2.38. The van der Waals surface area contributed by atoms with Crippen LogP contribution in [0.4, 0.5) is 10.2 Å². The Balaban J connectivity index is 2.37. The van der Waals surface area contributed by atoms with Crippen LogP contribution in [0.3, 0.4) is 0 Å². The molecule has 0 aliphatic carbocycles. The first kappa shape index (κ1) is 14.6. The van der Waals surface area contributed by atoms with Crippen LogP contribution >= 0.6 is 11.6 Å². The van der Waals surface area contributed by atoms with Crippen LogP contribution in [0.1, 0.15) is 26.7 Å². The lowest BCUT2D eigenvalue weighted by Gasteiger charge is -2.11. The monoisotopic (exact) mass is 274 g/mol. The molecule has 1 unspecified atom stereocenters. The summed E-state index contributed by atoms with van der Waals surface area (Å²) in [5.41, 5.74) is 0. The summed E-state index contributed by atoms with van der Waals surface area (Å²) < 4.78 is 13.2. The predicted molar refractivity (Wildman–Crippen MR) is 68.0 cm³/mol. The smallest absolute Gasteiger partial charge is 0.224 e. The van der Waals surface area contributed by atoms with Crippen molar-refractivity contribution in [1.82, 2.24) is 15.3 Å². The second kappa shape index (κ2) is 7.10. The predicted octanol–water partition coefficient (Wildman–Crippen LogP) is 1.99. The lowest BCUT2D eigenvalue weighted by Crippen LogP contribution is -2.33. The number of nitrogens with zero attached hydrogens (tertiary/aromatic N) is 2. The number of nitrogens with one attached hydrogen (secondary N) is 2. The van der Waals surface area contributed by atoms with Crippen molar-refractivity contribution in [2.24, 2.45) is 0 Å². The normalized spacial score (nSPS) is 12.0. The van der Waals surface area contributed by atoms with E-state index in [0.29, 0.717) is 0 Å². The van der Waals surface area contributed by atoms with Crippen LogP contribution in [0.2, 0.25) is 5.28 Å². The summed E-state index contributed by atoms with van der Waals surface area (Å²) in [7, 11) is 0. The molecule has 0 bridgehead atoms. The first-order valence-electron chi connectivity index (χ1n) is 5.74. The van der Waals surface area contributed by atoms with Gasteiger partial charge in [-0.2, -0.15) is 4.98 Å². The minimum atomic E-state index is -0.596. The van der Waals surface area contributed by atoms with Gasteiger partial charge in [-0.3, -0.25) is 4.79 Å². The van der Waals surface area contributed by atoms with Gasteiger partial charge < -0.3 is 10.6 Å². The van der Waals surface area contributed by atoms with Crippen molar-refractivity contribution in [2.45, 2.75) is 32.7 Å². The fourth-order valence-electron chi connectivity index (χ4n) is 1.21. The number of hydrogen-bond donors (Lipinski definition) is 2. The molecule has 1 aromatic heterocycles. The topological polar surface area (TPSA) is 66.9 Å². The molecule has 1 aromatic rings. The highest BCUT2D eigenvalue weighted by atomic mass is 35.5. The van der Waals surface area contributed by atoms with E-state index < -0.39 is 5.82 Å². The first-order chi connectivity index (χ1) is 8.52. The number of hydrogen-bond acceptors (Lipinski definition) is 4. The summed E-state index contributed by atoms with van der Waals surface area (Å²) in [5.74, 6) is -0.675. The van der Waals surface area contributed by atoms with Gasteiger partial charge in [0, 0.05) is 19.0 Å². The Kier molecular flexibility index (Phi) is 5.77. The molecule has 0 spiro atoms. The van der Waals surface area contributed by atoms with Crippen LogP contribution in [0.5, 0.6) is 0 Å². The van der Waals surface area contributed by atoms with E-state index >= 15 is 0 Å². The third kappa shape index (κ3) is 4.83. The maximum Gasteiger partial charge on any atom is 0.224 e. The largest absolute Gasteiger partial charge is 0.367 e. The SMILES string of the molecule is CCC(C)NC(=O)CCNc1nc(Cl)ncc1F. The number of carbonyl (C=O) groups is 1. The van der Waals surface area contributed by atoms with Crippen LogP contribution in [0.15, 0.2) is 6.20 Å². The van der Waals surface area contributed by atoms with Gasteiger partial charge in [0.25, 0.3) is 0 Å². The summed E-state index contributed by atoms with van der Waals surface area (Å²) in [4.78, 5) is 18.6. The Morgan fingerprint density at radius 2 is 2.33 bits per heavy atom. The lowest BCUT2D eigenvalue weighted by atomic mass is 10.2. The van der Waals surface area contributed by atoms with Gasteiger partial charge in [-0.15, -0.1) is 0 Å². The molecule has 1 rings (SSSR count). The number of anilines is 1. The summed E-state index contributed by atoms with van der Waals surface area (Å²) >= 11 is 5.54. The molecule has 7 heteroatoms. The molecular weight excluding hydrogens is 259 g/mol. The summed E-state index contributed by atoms with van der Waals surface area (Å²) in [6, 6.07) is 0.141. The Morgan fingerprint density at radius 1 is 1.61 bits per heavy atom. The van der Waals surface area contributed by atoms with Gasteiger partial charge in [0.05, 0.1) is 6.20 Å². The first-order valence-corrected chi connectivity index (χ1v) is 6.12. The van der Waals surface area contributed by atoms with Crippen molar-refractivity contribution in [3.8, 4) is 0 Å². The molecule has 100 valence electrons. The highest BCUT2D eigenvalue weighted by molar-refractivity contribution is 6.28. The van der Waals surface area contributed by atoms with E-state index in [2.05, 4.69) is 20.6 Å². The molecule has 0 saturated heterocycles. The molecule has 2 N–H and O–H groups in total. The maximum atomic E-state index is 13.2. The zero-order chi connectivity index (χ0) is 13.5. The van der Waals surface area contributed by atoms with Crippen LogP contribution < -0.4 is 10.6 Å². The van der Waals surface area contributed by atoms with E-state index in [1.165, 1.54) is 0 Å². The molecule has 1 atom stereocenters. The fraction of sp³-hybridized carbons (Fsp3) is 0.545. The number of aromatic nitrogens is 2. The van der Waals surface area contributed by atoms with E-state index in [1.54, 1.807) is 0 Å². The molecule has 0 saturated carbocycles. The molecule has 0 radical (unpaired) electrons.